The molecule has 0 aromatic heterocycles. The summed E-state index contributed by atoms with van der Waals surface area (Å²) in [6.07, 6.45) is 6.42. The highest BCUT2D eigenvalue weighted by Gasteiger charge is 2.09. The standard InChI is InChI=1S/C16H23NO4S/c1-4-20-15(18)13(3)11-22-9-8-21-16(19)17-14-7-5-6-12(2)10-14/h5,7,10,12H,3-4,6,8-9,11H2,1-2H3,(H,17,19). The molecule has 1 amide bonds. The van der Waals surface area contributed by atoms with E-state index in [2.05, 4.69) is 18.8 Å². The first-order valence-electron chi connectivity index (χ1n) is 7.27. The minimum atomic E-state index is -0.463. The second-order valence-corrected chi connectivity index (χ2v) is 5.98. The van der Waals surface area contributed by atoms with Crippen molar-refractivity contribution in [3.05, 3.63) is 36.1 Å². The maximum Gasteiger partial charge on any atom is 0.411 e. The SMILES string of the molecule is C=C(CSCCOC(=O)NC1=CC(C)CC=C1)C(=O)OCC. The van der Waals surface area contributed by atoms with Crippen molar-refractivity contribution >= 4 is 23.8 Å². The van der Waals surface area contributed by atoms with E-state index in [1.807, 2.05) is 18.2 Å². The Morgan fingerprint density at radius 3 is 2.91 bits per heavy atom. The highest BCUT2D eigenvalue weighted by atomic mass is 32.2. The fourth-order valence-electron chi connectivity index (χ4n) is 1.76. The van der Waals surface area contributed by atoms with Crippen LogP contribution in [-0.2, 0) is 14.3 Å². The van der Waals surface area contributed by atoms with Gasteiger partial charge in [-0.15, -0.1) is 0 Å². The van der Waals surface area contributed by atoms with Crippen molar-refractivity contribution in [2.75, 3.05) is 24.7 Å². The molecule has 22 heavy (non-hydrogen) atoms. The van der Waals surface area contributed by atoms with Gasteiger partial charge in [-0.3, -0.25) is 5.32 Å². The molecular weight excluding hydrogens is 302 g/mol. The number of rotatable bonds is 8. The number of hydrogen-bond donors (Lipinski definition) is 1. The highest BCUT2D eigenvalue weighted by Crippen LogP contribution is 2.14. The molecule has 1 atom stereocenters. The molecule has 0 aromatic carbocycles. The molecule has 0 heterocycles. The van der Waals surface area contributed by atoms with Gasteiger partial charge in [0.05, 0.1) is 6.61 Å². The zero-order chi connectivity index (χ0) is 16.4. The molecular formula is C16H23NO4S. The lowest BCUT2D eigenvalue weighted by Crippen LogP contribution is -2.25. The molecule has 0 aromatic rings. The summed E-state index contributed by atoms with van der Waals surface area (Å²) in [5, 5.41) is 2.70. The molecule has 1 rings (SSSR count). The van der Waals surface area contributed by atoms with E-state index >= 15 is 0 Å². The van der Waals surface area contributed by atoms with Gasteiger partial charge in [-0.25, -0.2) is 9.59 Å². The number of carbonyl (C=O) groups excluding carboxylic acids is 2. The van der Waals surface area contributed by atoms with Gasteiger partial charge in [0.1, 0.15) is 6.61 Å². The van der Waals surface area contributed by atoms with Crippen molar-refractivity contribution in [3.8, 4) is 0 Å². The molecule has 1 aliphatic carbocycles. The van der Waals surface area contributed by atoms with Gasteiger partial charge in [-0.1, -0.05) is 25.7 Å². The second kappa shape index (κ2) is 10.1. The number of alkyl carbamates (subject to hydrolysis) is 1. The predicted molar refractivity (Wildman–Crippen MR) is 88.6 cm³/mol. The molecule has 0 aliphatic heterocycles. The Morgan fingerprint density at radius 2 is 2.23 bits per heavy atom. The number of ether oxygens (including phenoxy) is 2. The third kappa shape index (κ3) is 7.36. The van der Waals surface area contributed by atoms with Crippen molar-refractivity contribution in [2.45, 2.75) is 20.3 Å². The number of nitrogens with one attached hydrogen (secondary N) is 1. The molecule has 5 nitrogen and oxygen atoms in total. The molecule has 0 radical (unpaired) electrons. The van der Waals surface area contributed by atoms with Crippen molar-refractivity contribution in [3.63, 3.8) is 0 Å². The summed E-state index contributed by atoms with van der Waals surface area (Å²) in [4.78, 5) is 22.9. The van der Waals surface area contributed by atoms with Crippen LogP contribution in [0.15, 0.2) is 36.1 Å². The lowest BCUT2D eigenvalue weighted by Gasteiger charge is -2.13. The largest absolute Gasteiger partial charge is 0.463 e. The van der Waals surface area contributed by atoms with Crippen molar-refractivity contribution in [1.29, 1.82) is 0 Å². The summed E-state index contributed by atoms with van der Waals surface area (Å²) in [5.41, 5.74) is 1.19. The summed E-state index contributed by atoms with van der Waals surface area (Å²) >= 11 is 1.47. The number of allylic oxidation sites excluding steroid dienone is 3. The van der Waals surface area contributed by atoms with Gasteiger partial charge in [0.25, 0.3) is 0 Å². The van der Waals surface area contributed by atoms with Crippen LogP contribution in [0.5, 0.6) is 0 Å². The molecule has 1 unspecified atom stereocenters. The maximum absolute atomic E-state index is 11.6. The maximum atomic E-state index is 11.6. The van der Waals surface area contributed by atoms with Crippen LogP contribution in [-0.4, -0.2) is 36.8 Å². The Bertz CT molecular complexity index is 471. The molecule has 0 fully saturated rings. The van der Waals surface area contributed by atoms with E-state index in [9.17, 15) is 9.59 Å². The zero-order valence-electron chi connectivity index (χ0n) is 13.1. The smallest absolute Gasteiger partial charge is 0.411 e. The van der Waals surface area contributed by atoms with E-state index < -0.39 is 6.09 Å². The van der Waals surface area contributed by atoms with Crippen LogP contribution in [0.1, 0.15) is 20.3 Å². The molecule has 0 spiro atoms. The van der Waals surface area contributed by atoms with E-state index in [-0.39, 0.29) is 12.6 Å². The normalized spacial score (nSPS) is 16.6. The first-order valence-corrected chi connectivity index (χ1v) is 8.43. The van der Waals surface area contributed by atoms with Gasteiger partial charge in [0, 0.05) is 22.8 Å². The summed E-state index contributed by atoms with van der Waals surface area (Å²) < 4.78 is 9.91. The van der Waals surface area contributed by atoms with Crippen LogP contribution in [0.4, 0.5) is 4.79 Å². The molecule has 1 N–H and O–H groups in total. The Kier molecular flexibility index (Phi) is 8.43. The minimum absolute atomic E-state index is 0.277. The van der Waals surface area contributed by atoms with Gasteiger partial charge >= 0.3 is 12.1 Å². The van der Waals surface area contributed by atoms with E-state index in [0.29, 0.717) is 29.6 Å². The predicted octanol–water partition coefficient (Wildman–Crippen LogP) is 3.05. The van der Waals surface area contributed by atoms with Gasteiger partial charge in [-0.2, -0.15) is 11.8 Å². The number of thioether (sulfide) groups is 1. The third-order valence-electron chi connectivity index (χ3n) is 2.82. The summed E-state index contributed by atoms with van der Waals surface area (Å²) in [6, 6.07) is 0. The Balaban J connectivity index is 2.12. The average Bonchev–Trinajstić information content (AvgIpc) is 2.46. The van der Waals surface area contributed by atoms with Crippen molar-refractivity contribution < 1.29 is 19.1 Å². The van der Waals surface area contributed by atoms with Crippen LogP contribution in [0.2, 0.25) is 0 Å². The topological polar surface area (TPSA) is 64.6 Å². The average molecular weight is 325 g/mol. The Morgan fingerprint density at radius 1 is 1.45 bits per heavy atom. The van der Waals surface area contributed by atoms with Crippen LogP contribution in [0.25, 0.3) is 0 Å². The summed E-state index contributed by atoms with van der Waals surface area (Å²) in [7, 11) is 0. The number of hydrogen-bond acceptors (Lipinski definition) is 5. The Labute approximate surface area is 135 Å². The van der Waals surface area contributed by atoms with Crippen LogP contribution < -0.4 is 5.32 Å². The molecule has 6 heteroatoms. The van der Waals surface area contributed by atoms with E-state index in [1.54, 1.807) is 6.92 Å². The highest BCUT2D eigenvalue weighted by molar-refractivity contribution is 7.99. The zero-order valence-corrected chi connectivity index (χ0v) is 13.9. The van der Waals surface area contributed by atoms with Crippen molar-refractivity contribution in [1.82, 2.24) is 5.32 Å². The van der Waals surface area contributed by atoms with Gasteiger partial charge in [-0.05, 0) is 25.3 Å². The fourth-order valence-corrected chi connectivity index (χ4v) is 2.47. The second-order valence-electron chi connectivity index (χ2n) is 4.87. The molecule has 1 aliphatic rings. The number of amides is 1. The Hall–Kier alpha value is -1.69. The quantitative estimate of drug-likeness (QED) is 0.422. The minimum Gasteiger partial charge on any atom is -0.463 e. The van der Waals surface area contributed by atoms with Crippen molar-refractivity contribution in [2.24, 2.45) is 5.92 Å². The van der Waals surface area contributed by atoms with Crippen LogP contribution in [0.3, 0.4) is 0 Å². The van der Waals surface area contributed by atoms with Gasteiger partial charge < -0.3 is 9.47 Å². The molecule has 0 bridgehead atoms. The first kappa shape index (κ1) is 18.4. The lowest BCUT2D eigenvalue weighted by molar-refractivity contribution is -0.138. The monoisotopic (exact) mass is 325 g/mol. The molecule has 122 valence electrons. The third-order valence-corrected chi connectivity index (χ3v) is 3.82. The first-order chi connectivity index (χ1) is 10.5. The fraction of sp³-hybridized carbons (Fsp3) is 0.500. The van der Waals surface area contributed by atoms with E-state index in [1.165, 1.54) is 11.8 Å². The van der Waals surface area contributed by atoms with Crippen LogP contribution in [0, 0.1) is 5.92 Å². The summed E-state index contributed by atoms with van der Waals surface area (Å²) in [5.74, 6) is 1.11. The van der Waals surface area contributed by atoms with E-state index in [0.717, 1.165) is 12.1 Å². The summed E-state index contributed by atoms with van der Waals surface area (Å²) in [6.45, 7) is 8.12. The number of carbonyl (C=O) groups is 2. The number of esters is 1. The van der Waals surface area contributed by atoms with E-state index in [4.69, 9.17) is 9.47 Å². The van der Waals surface area contributed by atoms with Crippen LogP contribution >= 0.6 is 11.8 Å². The molecule has 0 saturated carbocycles. The van der Waals surface area contributed by atoms with Gasteiger partial charge in [0.15, 0.2) is 0 Å². The lowest BCUT2D eigenvalue weighted by atomic mass is 10.0. The molecule has 0 saturated heterocycles. The van der Waals surface area contributed by atoms with Gasteiger partial charge in [0.2, 0.25) is 0 Å².